The summed E-state index contributed by atoms with van der Waals surface area (Å²) in [5, 5.41) is 5.77. The summed E-state index contributed by atoms with van der Waals surface area (Å²) < 4.78 is 15.6. The summed E-state index contributed by atoms with van der Waals surface area (Å²) in [5.74, 6) is 1.23. The Balaban J connectivity index is 2.08. The molecule has 2 aromatic rings. The highest BCUT2D eigenvalue weighted by atomic mass is 32.2. The third-order valence-corrected chi connectivity index (χ3v) is 5.44. The molecule has 0 aliphatic rings. The first-order valence-electron chi connectivity index (χ1n) is 9.50. The average Bonchev–Trinajstić information content (AvgIpc) is 2.77. The zero-order valence-electron chi connectivity index (χ0n) is 17.7. The third-order valence-electron chi connectivity index (χ3n) is 4.37. The summed E-state index contributed by atoms with van der Waals surface area (Å²) in [5.41, 5.74) is 1.33. The Morgan fingerprint density at radius 1 is 1.07 bits per heavy atom. The molecule has 0 heterocycles. The van der Waals surface area contributed by atoms with Crippen LogP contribution in [0, 0.1) is 0 Å². The quantitative estimate of drug-likeness (QED) is 0.419. The Hall–Kier alpha value is -2.71. The van der Waals surface area contributed by atoms with E-state index in [4.69, 9.17) is 14.2 Å². The molecule has 0 bridgehead atoms. The Morgan fingerprint density at radius 2 is 1.83 bits per heavy atom. The number of hydrogen-bond acceptors (Lipinski definition) is 6. The van der Waals surface area contributed by atoms with Crippen molar-refractivity contribution in [2.24, 2.45) is 0 Å². The van der Waals surface area contributed by atoms with Crippen molar-refractivity contribution in [1.82, 2.24) is 10.6 Å². The van der Waals surface area contributed by atoms with Gasteiger partial charge in [0.1, 0.15) is 11.5 Å². The lowest BCUT2D eigenvalue weighted by atomic mass is 10.1. The molecule has 0 fully saturated rings. The first kappa shape index (κ1) is 23.6. The van der Waals surface area contributed by atoms with Crippen LogP contribution in [0.4, 0.5) is 0 Å². The molecule has 0 aromatic heterocycles. The molecule has 2 rings (SSSR count). The van der Waals surface area contributed by atoms with Gasteiger partial charge in [-0.15, -0.1) is 11.8 Å². The smallest absolute Gasteiger partial charge is 0.252 e. The average molecular weight is 433 g/mol. The van der Waals surface area contributed by atoms with Crippen LogP contribution in [0.5, 0.6) is 11.5 Å². The minimum atomic E-state index is -0.307. The normalized spacial score (nSPS) is 11.5. The van der Waals surface area contributed by atoms with E-state index < -0.39 is 0 Å². The third kappa shape index (κ3) is 6.67. The SMILES string of the molecule is COCCNC(=O)CSc1ccccc1C(=O)NC(C)c1cc(OC)ccc1OC. The van der Waals surface area contributed by atoms with Crippen LogP contribution in [0.1, 0.15) is 28.9 Å². The van der Waals surface area contributed by atoms with E-state index in [0.717, 1.165) is 10.5 Å². The molecule has 0 spiro atoms. The number of nitrogens with one attached hydrogen (secondary N) is 2. The van der Waals surface area contributed by atoms with Crippen molar-refractivity contribution in [2.75, 3.05) is 40.2 Å². The molecule has 30 heavy (non-hydrogen) atoms. The van der Waals surface area contributed by atoms with Crippen LogP contribution in [0.15, 0.2) is 47.4 Å². The molecule has 0 saturated heterocycles. The standard InChI is InChI=1S/C22H28N2O5S/c1-15(18-13-16(28-3)9-10-19(18)29-4)24-22(26)17-7-5-6-8-20(17)30-14-21(25)23-11-12-27-2/h5-10,13,15H,11-12,14H2,1-4H3,(H,23,25)(H,24,26). The van der Waals surface area contributed by atoms with Gasteiger partial charge in [0, 0.05) is 24.1 Å². The Labute approximate surface area is 181 Å². The van der Waals surface area contributed by atoms with Crippen molar-refractivity contribution in [3.63, 3.8) is 0 Å². The molecule has 8 heteroatoms. The molecular weight excluding hydrogens is 404 g/mol. The molecule has 162 valence electrons. The molecule has 0 aliphatic carbocycles. The van der Waals surface area contributed by atoms with E-state index in [2.05, 4.69) is 10.6 Å². The van der Waals surface area contributed by atoms with E-state index >= 15 is 0 Å². The second-order valence-corrected chi connectivity index (χ2v) is 7.45. The molecule has 7 nitrogen and oxygen atoms in total. The zero-order valence-corrected chi connectivity index (χ0v) is 18.5. The molecule has 1 unspecified atom stereocenters. The van der Waals surface area contributed by atoms with E-state index in [9.17, 15) is 9.59 Å². The topological polar surface area (TPSA) is 85.9 Å². The summed E-state index contributed by atoms with van der Waals surface area (Å²) >= 11 is 1.32. The van der Waals surface area contributed by atoms with Gasteiger partial charge < -0.3 is 24.8 Å². The van der Waals surface area contributed by atoms with E-state index in [0.29, 0.717) is 30.2 Å². The summed E-state index contributed by atoms with van der Waals surface area (Å²) in [6, 6.07) is 12.4. The number of carbonyl (C=O) groups excluding carboxylic acids is 2. The number of benzene rings is 2. The fraction of sp³-hybridized carbons (Fsp3) is 0.364. The van der Waals surface area contributed by atoms with Crippen LogP contribution in [0.25, 0.3) is 0 Å². The highest BCUT2D eigenvalue weighted by Crippen LogP contribution is 2.30. The summed E-state index contributed by atoms with van der Waals surface area (Å²) in [7, 11) is 4.76. The summed E-state index contributed by atoms with van der Waals surface area (Å²) in [6.45, 7) is 2.80. The van der Waals surface area contributed by atoms with Crippen molar-refractivity contribution in [2.45, 2.75) is 17.9 Å². The van der Waals surface area contributed by atoms with Gasteiger partial charge in [-0.25, -0.2) is 0 Å². The minimum absolute atomic E-state index is 0.109. The van der Waals surface area contributed by atoms with Crippen LogP contribution in [0.3, 0.4) is 0 Å². The van der Waals surface area contributed by atoms with Crippen LogP contribution >= 0.6 is 11.8 Å². The van der Waals surface area contributed by atoms with Gasteiger partial charge in [0.25, 0.3) is 5.91 Å². The molecular formula is C22H28N2O5S. The molecule has 2 N–H and O–H groups in total. The second-order valence-electron chi connectivity index (χ2n) is 6.43. The number of hydrogen-bond donors (Lipinski definition) is 2. The van der Waals surface area contributed by atoms with E-state index in [1.807, 2.05) is 31.2 Å². The van der Waals surface area contributed by atoms with Crippen molar-refractivity contribution in [3.05, 3.63) is 53.6 Å². The molecule has 0 radical (unpaired) electrons. The Morgan fingerprint density at radius 3 is 2.53 bits per heavy atom. The monoisotopic (exact) mass is 432 g/mol. The second kappa shape index (κ2) is 12.1. The zero-order chi connectivity index (χ0) is 21.9. The van der Waals surface area contributed by atoms with Crippen molar-refractivity contribution in [3.8, 4) is 11.5 Å². The van der Waals surface area contributed by atoms with Gasteiger partial charge in [0.05, 0.1) is 38.2 Å². The molecule has 0 saturated carbocycles. The lowest BCUT2D eigenvalue weighted by Crippen LogP contribution is -2.29. The van der Waals surface area contributed by atoms with Crippen LogP contribution in [-0.4, -0.2) is 52.0 Å². The van der Waals surface area contributed by atoms with E-state index in [1.165, 1.54) is 11.8 Å². The van der Waals surface area contributed by atoms with Crippen LogP contribution < -0.4 is 20.1 Å². The lowest BCUT2D eigenvalue weighted by molar-refractivity contribution is -0.118. The fourth-order valence-corrected chi connectivity index (χ4v) is 3.68. The van der Waals surface area contributed by atoms with Gasteiger partial charge >= 0.3 is 0 Å². The van der Waals surface area contributed by atoms with Crippen LogP contribution in [-0.2, 0) is 9.53 Å². The molecule has 1 atom stereocenters. The maximum Gasteiger partial charge on any atom is 0.252 e. The van der Waals surface area contributed by atoms with Crippen molar-refractivity contribution in [1.29, 1.82) is 0 Å². The molecule has 2 amide bonds. The highest BCUT2D eigenvalue weighted by Gasteiger charge is 2.18. The van der Waals surface area contributed by atoms with Gasteiger partial charge in [0.15, 0.2) is 0 Å². The highest BCUT2D eigenvalue weighted by molar-refractivity contribution is 8.00. The van der Waals surface area contributed by atoms with E-state index in [-0.39, 0.29) is 23.6 Å². The maximum absolute atomic E-state index is 12.9. The number of ether oxygens (including phenoxy) is 3. The fourth-order valence-electron chi connectivity index (χ4n) is 2.80. The largest absolute Gasteiger partial charge is 0.497 e. The van der Waals surface area contributed by atoms with Crippen LogP contribution in [0.2, 0.25) is 0 Å². The summed E-state index contributed by atoms with van der Waals surface area (Å²) in [6.07, 6.45) is 0. The number of rotatable bonds is 11. The lowest BCUT2D eigenvalue weighted by Gasteiger charge is -2.19. The minimum Gasteiger partial charge on any atom is -0.497 e. The van der Waals surface area contributed by atoms with Gasteiger partial charge in [-0.05, 0) is 37.3 Å². The predicted octanol–water partition coefficient (Wildman–Crippen LogP) is 3.05. The number of thioether (sulfide) groups is 1. The maximum atomic E-state index is 12.9. The molecule has 0 aliphatic heterocycles. The van der Waals surface area contributed by atoms with Gasteiger partial charge in [-0.2, -0.15) is 0 Å². The Bertz CT molecular complexity index is 859. The summed E-state index contributed by atoms with van der Waals surface area (Å²) in [4.78, 5) is 25.6. The predicted molar refractivity (Wildman–Crippen MR) is 117 cm³/mol. The van der Waals surface area contributed by atoms with Gasteiger partial charge in [0.2, 0.25) is 5.91 Å². The van der Waals surface area contributed by atoms with E-state index in [1.54, 1.807) is 39.5 Å². The van der Waals surface area contributed by atoms with Crippen molar-refractivity contribution >= 4 is 23.6 Å². The first-order valence-corrected chi connectivity index (χ1v) is 10.5. The van der Waals surface area contributed by atoms with Gasteiger partial charge in [-0.3, -0.25) is 9.59 Å². The number of amides is 2. The number of carbonyl (C=O) groups is 2. The van der Waals surface area contributed by atoms with Gasteiger partial charge in [-0.1, -0.05) is 12.1 Å². The molecule has 2 aromatic carbocycles. The first-order chi connectivity index (χ1) is 14.5. The number of methoxy groups -OCH3 is 3. The Kier molecular flexibility index (Phi) is 9.50. The van der Waals surface area contributed by atoms with Crippen molar-refractivity contribution < 1.29 is 23.8 Å².